The minimum atomic E-state index is -4.61. The number of nitrogens with zero attached hydrogens (tertiary/aromatic N) is 3. The number of amides is 2. The van der Waals surface area contributed by atoms with E-state index in [9.17, 15) is 18.0 Å². The van der Waals surface area contributed by atoms with Gasteiger partial charge in [0, 0.05) is 58.9 Å². The normalized spacial score (nSPS) is 14.8. The number of anilines is 1. The molecule has 0 unspecified atom stereocenters. The minimum absolute atomic E-state index is 0.0275. The number of pyridine rings is 1. The Bertz CT molecular complexity index is 1270. The van der Waals surface area contributed by atoms with Gasteiger partial charge in [-0.15, -0.1) is 0 Å². The zero-order chi connectivity index (χ0) is 28.8. The molecule has 0 bridgehead atoms. The lowest BCUT2D eigenvalue weighted by Gasteiger charge is -2.26. The van der Waals surface area contributed by atoms with Gasteiger partial charge in [-0.05, 0) is 36.4 Å². The van der Waals surface area contributed by atoms with Crippen LogP contribution in [0.25, 0.3) is 11.0 Å². The van der Waals surface area contributed by atoms with Crippen molar-refractivity contribution in [2.24, 2.45) is 0 Å². The molecule has 1 aliphatic rings. The molecular formula is C27H36F3N5O4Si. The van der Waals surface area contributed by atoms with E-state index in [4.69, 9.17) is 14.2 Å². The zero-order valence-corrected chi connectivity index (χ0v) is 24.0. The molecule has 0 radical (unpaired) electrons. The van der Waals surface area contributed by atoms with Crippen LogP contribution in [-0.2, 0) is 22.4 Å². The van der Waals surface area contributed by atoms with Gasteiger partial charge in [-0.25, -0.2) is 9.78 Å². The van der Waals surface area contributed by atoms with Gasteiger partial charge in [-0.1, -0.05) is 19.6 Å². The molecule has 2 amide bonds. The van der Waals surface area contributed by atoms with Crippen LogP contribution in [0.3, 0.4) is 0 Å². The van der Waals surface area contributed by atoms with Gasteiger partial charge < -0.3 is 29.4 Å². The highest BCUT2D eigenvalue weighted by atomic mass is 28.3. The fourth-order valence-corrected chi connectivity index (χ4v) is 4.94. The van der Waals surface area contributed by atoms with Crippen molar-refractivity contribution in [3.8, 4) is 11.5 Å². The van der Waals surface area contributed by atoms with E-state index >= 15 is 0 Å². The van der Waals surface area contributed by atoms with Gasteiger partial charge in [0.15, 0.2) is 0 Å². The number of aromatic nitrogens is 2. The van der Waals surface area contributed by atoms with Crippen LogP contribution < -0.4 is 15.4 Å². The van der Waals surface area contributed by atoms with E-state index in [1.165, 1.54) is 16.8 Å². The molecule has 9 nitrogen and oxygen atoms in total. The third-order valence-corrected chi connectivity index (χ3v) is 8.11. The predicted molar refractivity (Wildman–Crippen MR) is 150 cm³/mol. The maximum Gasteiger partial charge on any atom is 0.418 e. The van der Waals surface area contributed by atoms with Crippen molar-refractivity contribution >= 4 is 30.8 Å². The molecule has 1 fully saturated rings. The van der Waals surface area contributed by atoms with Gasteiger partial charge in [-0.2, -0.15) is 13.2 Å². The monoisotopic (exact) mass is 579 g/mol. The van der Waals surface area contributed by atoms with Crippen molar-refractivity contribution in [2.45, 2.75) is 38.6 Å². The highest BCUT2D eigenvalue weighted by molar-refractivity contribution is 6.76. The number of alkyl halides is 3. The molecule has 0 atom stereocenters. The number of rotatable bonds is 11. The number of benzene rings is 1. The second-order valence-electron chi connectivity index (χ2n) is 10.8. The Morgan fingerprint density at radius 1 is 1.12 bits per heavy atom. The summed E-state index contributed by atoms with van der Waals surface area (Å²) < 4.78 is 60.2. The lowest BCUT2D eigenvalue weighted by Crippen LogP contribution is -2.42. The van der Waals surface area contributed by atoms with E-state index < -0.39 is 19.8 Å². The molecule has 1 aromatic carbocycles. The quantitative estimate of drug-likeness (QED) is 0.227. The van der Waals surface area contributed by atoms with Crippen LogP contribution in [0.15, 0.2) is 42.7 Å². The van der Waals surface area contributed by atoms with Crippen LogP contribution in [0.4, 0.5) is 23.7 Å². The van der Waals surface area contributed by atoms with Gasteiger partial charge in [0.2, 0.25) is 0 Å². The van der Waals surface area contributed by atoms with E-state index in [1.807, 2.05) is 0 Å². The summed E-state index contributed by atoms with van der Waals surface area (Å²) in [5, 5.41) is 5.42. The van der Waals surface area contributed by atoms with Crippen molar-refractivity contribution in [3.05, 3.63) is 48.3 Å². The SMILES string of the molecule is C[Si](C)(C)CCOCn1cc(C(F)(F)F)c2c(Oc3ccc(NC(=O)NCCN4CCOCC4)cc3)ccnc21. The van der Waals surface area contributed by atoms with E-state index in [1.54, 1.807) is 24.3 Å². The summed E-state index contributed by atoms with van der Waals surface area (Å²) in [6.07, 6.45) is -2.18. The summed E-state index contributed by atoms with van der Waals surface area (Å²) in [4.78, 5) is 18.6. The van der Waals surface area contributed by atoms with Gasteiger partial charge in [0.05, 0.1) is 24.2 Å². The van der Waals surface area contributed by atoms with Crippen LogP contribution in [-0.4, -0.2) is 74.6 Å². The fraction of sp³-hybridized carbons (Fsp3) is 0.481. The average molecular weight is 580 g/mol. The Morgan fingerprint density at radius 3 is 2.52 bits per heavy atom. The molecule has 3 aromatic rings. The molecule has 3 heterocycles. The van der Waals surface area contributed by atoms with Crippen molar-refractivity contribution in [2.75, 3.05) is 51.3 Å². The van der Waals surface area contributed by atoms with Crippen molar-refractivity contribution in [1.82, 2.24) is 19.8 Å². The van der Waals surface area contributed by atoms with Crippen molar-refractivity contribution < 1.29 is 32.2 Å². The molecule has 40 heavy (non-hydrogen) atoms. The standard InChI is InChI=1S/C27H36F3N5O4Si/c1-40(2,3)17-16-38-19-35-18-22(27(28,29)30)24-23(8-9-31-25(24)35)39-21-6-4-20(5-7-21)33-26(36)32-10-11-34-12-14-37-15-13-34/h4-9,18H,10-17,19H2,1-3H3,(H2,32,33,36). The topological polar surface area (TPSA) is 89.9 Å². The average Bonchev–Trinajstić information content (AvgIpc) is 3.28. The van der Waals surface area contributed by atoms with Gasteiger partial charge in [0.1, 0.15) is 23.9 Å². The number of nitrogens with one attached hydrogen (secondary N) is 2. The highest BCUT2D eigenvalue weighted by Gasteiger charge is 2.36. The van der Waals surface area contributed by atoms with Gasteiger partial charge >= 0.3 is 12.2 Å². The van der Waals surface area contributed by atoms with Crippen LogP contribution in [0.5, 0.6) is 11.5 Å². The summed E-state index contributed by atoms with van der Waals surface area (Å²) >= 11 is 0. The molecule has 0 aliphatic carbocycles. The second kappa shape index (κ2) is 13.0. The molecular weight excluding hydrogens is 543 g/mol. The number of hydrogen-bond acceptors (Lipinski definition) is 6. The molecule has 1 aliphatic heterocycles. The Hall–Kier alpha value is -3.13. The number of ether oxygens (including phenoxy) is 3. The first-order valence-electron chi connectivity index (χ1n) is 13.3. The zero-order valence-electron chi connectivity index (χ0n) is 23.0. The Morgan fingerprint density at radius 2 is 1.85 bits per heavy atom. The third-order valence-electron chi connectivity index (χ3n) is 6.41. The molecule has 1 saturated heterocycles. The molecule has 13 heteroatoms. The first kappa shape index (κ1) is 29.8. The van der Waals surface area contributed by atoms with Crippen LogP contribution in [0, 0.1) is 0 Å². The summed E-state index contributed by atoms with van der Waals surface area (Å²) in [5.74, 6) is 0.345. The highest BCUT2D eigenvalue weighted by Crippen LogP contribution is 2.41. The van der Waals surface area contributed by atoms with Crippen LogP contribution in [0.1, 0.15) is 5.56 Å². The smallest absolute Gasteiger partial charge is 0.418 e. The molecule has 0 spiro atoms. The molecule has 218 valence electrons. The molecule has 0 saturated carbocycles. The largest absolute Gasteiger partial charge is 0.457 e. The number of urea groups is 1. The Kier molecular flexibility index (Phi) is 9.71. The van der Waals surface area contributed by atoms with Gasteiger partial charge in [-0.3, -0.25) is 4.90 Å². The second-order valence-corrected chi connectivity index (χ2v) is 16.4. The Balaban J connectivity index is 1.40. The fourth-order valence-electron chi connectivity index (χ4n) is 4.19. The van der Waals surface area contributed by atoms with Crippen molar-refractivity contribution in [3.63, 3.8) is 0 Å². The lowest BCUT2D eigenvalue weighted by atomic mass is 10.2. The summed E-state index contributed by atoms with van der Waals surface area (Å²) in [6, 6.07) is 8.37. The summed E-state index contributed by atoms with van der Waals surface area (Å²) in [7, 11) is -1.33. The maximum absolute atomic E-state index is 14.0. The summed E-state index contributed by atoms with van der Waals surface area (Å²) in [6.45, 7) is 11.4. The van der Waals surface area contributed by atoms with E-state index in [-0.39, 0.29) is 29.5 Å². The molecule has 4 rings (SSSR count). The number of carbonyl (C=O) groups excluding carboxylic acids is 1. The maximum atomic E-state index is 14.0. The number of morpholine rings is 1. The number of fused-ring (bicyclic) bond motifs is 1. The van der Waals surface area contributed by atoms with E-state index in [0.29, 0.717) is 37.8 Å². The van der Waals surface area contributed by atoms with Gasteiger partial charge in [0.25, 0.3) is 0 Å². The first-order valence-corrected chi connectivity index (χ1v) is 17.0. The first-order chi connectivity index (χ1) is 19.0. The predicted octanol–water partition coefficient (Wildman–Crippen LogP) is 5.61. The van der Waals surface area contributed by atoms with E-state index in [0.717, 1.165) is 31.9 Å². The van der Waals surface area contributed by atoms with Crippen molar-refractivity contribution in [1.29, 1.82) is 0 Å². The third kappa shape index (κ3) is 8.43. The van der Waals surface area contributed by atoms with Crippen LogP contribution >= 0.6 is 0 Å². The lowest BCUT2D eigenvalue weighted by molar-refractivity contribution is -0.136. The Labute approximate surface area is 232 Å². The number of carbonyl (C=O) groups is 1. The van der Waals surface area contributed by atoms with Crippen LogP contribution in [0.2, 0.25) is 25.7 Å². The minimum Gasteiger partial charge on any atom is -0.457 e. The van der Waals surface area contributed by atoms with E-state index in [2.05, 4.69) is 40.2 Å². The number of hydrogen-bond donors (Lipinski definition) is 2. The molecule has 2 aromatic heterocycles. The molecule has 2 N–H and O–H groups in total. The number of halogens is 3. The summed E-state index contributed by atoms with van der Waals surface area (Å²) in [5.41, 5.74) is -0.190.